The van der Waals surface area contributed by atoms with Crippen LogP contribution in [-0.2, 0) is 13.2 Å². The van der Waals surface area contributed by atoms with E-state index in [9.17, 15) is 0 Å². The molecule has 0 heterocycles. The second-order valence-electron chi connectivity index (χ2n) is 3.91. The van der Waals surface area contributed by atoms with E-state index in [1.54, 1.807) is 0 Å². The lowest BCUT2D eigenvalue weighted by Gasteiger charge is -2.06. The van der Waals surface area contributed by atoms with Gasteiger partial charge in [0, 0.05) is 6.54 Å². The Bertz CT molecular complexity index is 369. The van der Waals surface area contributed by atoms with E-state index in [2.05, 4.69) is 17.2 Å². The Morgan fingerprint density at radius 3 is 2.61 bits per heavy atom. The summed E-state index contributed by atoms with van der Waals surface area (Å²) in [5.74, 6) is 0.464. The number of nitrogens with two attached hydrogens (primary N) is 1. The lowest BCUT2D eigenvalue weighted by atomic mass is 10.1. The van der Waals surface area contributed by atoms with Crippen LogP contribution in [-0.4, -0.2) is 17.6 Å². The molecule has 1 rings (SSSR count). The topological polar surface area (TPSA) is 70.6 Å². The van der Waals surface area contributed by atoms with Gasteiger partial charge in [0.1, 0.15) is 0 Å². The third-order valence-corrected chi connectivity index (χ3v) is 2.54. The fourth-order valence-electron chi connectivity index (χ4n) is 1.49. The average Bonchev–Trinajstić information content (AvgIpc) is 2.37. The predicted octanol–water partition coefficient (Wildman–Crippen LogP) is 2.00. The molecule has 0 saturated carbocycles. The first-order valence-electron chi connectivity index (χ1n) is 5.99. The maximum absolute atomic E-state index is 9.16. The number of hydrogen-bond donors (Lipinski definition) is 3. The van der Waals surface area contributed by atoms with Crippen LogP contribution in [0.15, 0.2) is 29.3 Å². The number of nitrogens with zero attached hydrogens (tertiary/aromatic N) is 1. The van der Waals surface area contributed by atoms with Crippen LogP contribution in [0.3, 0.4) is 0 Å². The van der Waals surface area contributed by atoms with Crippen molar-refractivity contribution in [1.82, 2.24) is 5.32 Å². The Balaban J connectivity index is 0.00000289. The zero-order valence-electron chi connectivity index (χ0n) is 10.7. The third-order valence-electron chi connectivity index (χ3n) is 2.54. The quantitative estimate of drug-likeness (QED) is 0.313. The monoisotopic (exact) mass is 363 g/mol. The van der Waals surface area contributed by atoms with E-state index in [1.807, 2.05) is 24.3 Å². The highest BCUT2D eigenvalue weighted by atomic mass is 127. The highest BCUT2D eigenvalue weighted by molar-refractivity contribution is 14.0. The van der Waals surface area contributed by atoms with Gasteiger partial charge in [-0.3, -0.25) is 0 Å². The molecular formula is C13H22IN3O. The van der Waals surface area contributed by atoms with Crippen LogP contribution in [0.2, 0.25) is 0 Å². The average molecular weight is 363 g/mol. The predicted molar refractivity (Wildman–Crippen MR) is 86.0 cm³/mol. The fraction of sp³-hybridized carbons (Fsp3) is 0.462. The van der Waals surface area contributed by atoms with Crippen LogP contribution in [0.25, 0.3) is 0 Å². The molecule has 0 bridgehead atoms. The highest BCUT2D eigenvalue weighted by Crippen LogP contribution is 2.09. The first kappa shape index (κ1) is 17.2. The molecule has 0 amide bonds. The van der Waals surface area contributed by atoms with Crippen molar-refractivity contribution in [3.8, 4) is 0 Å². The summed E-state index contributed by atoms with van der Waals surface area (Å²) < 4.78 is 0. The zero-order chi connectivity index (χ0) is 12.5. The van der Waals surface area contributed by atoms with Crippen molar-refractivity contribution in [2.24, 2.45) is 10.7 Å². The SMILES string of the molecule is CCCCNC(N)=NCc1ccccc1CO.I. The van der Waals surface area contributed by atoms with E-state index in [0.29, 0.717) is 12.5 Å². The lowest BCUT2D eigenvalue weighted by Crippen LogP contribution is -2.32. The molecule has 0 aliphatic heterocycles. The van der Waals surface area contributed by atoms with Crippen molar-refractivity contribution >= 4 is 29.9 Å². The van der Waals surface area contributed by atoms with Crippen LogP contribution in [0.4, 0.5) is 0 Å². The van der Waals surface area contributed by atoms with E-state index in [-0.39, 0.29) is 30.6 Å². The number of hydrogen-bond acceptors (Lipinski definition) is 2. The highest BCUT2D eigenvalue weighted by Gasteiger charge is 1.99. The zero-order valence-corrected chi connectivity index (χ0v) is 13.1. The number of nitrogens with one attached hydrogen (secondary N) is 1. The third kappa shape index (κ3) is 6.20. The second-order valence-corrected chi connectivity index (χ2v) is 3.91. The number of rotatable bonds is 6. The Hall–Kier alpha value is -0.820. The number of aliphatic hydroxyl groups is 1. The van der Waals surface area contributed by atoms with Gasteiger partial charge in [-0.1, -0.05) is 37.6 Å². The minimum absolute atomic E-state index is 0. The Kier molecular flexibility index (Phi) is 9.67. The van der Waals surface area contributed by atoms with Crippen molar-refractivity contribution in [3.05, 3.63) is 35.4 Å². The van der Waals surface area contributed by atoms with Gasteiger partial charge in [-0.25, -0.2) is 4.99 Å². The molecule has 5 heteroatoms. The molecule has 0 unspecified atom stereocenters. The van der Waals surface area contributed by atoms with Gasteiger partial charge in [0.15, 0.2) is 5.96 Å². The van der Waals surface area contributed by atoms with Crippen molar-refractivity contribution in [2.75, 3.05) is 6.54 Å². The van der Waals surface area contributed by atoms with Crippen molar-refractivity contribution in [2.45, 2.75) is 32.9 Å². The maximum atomic E-state index is 9.16. The van der Waals surface area contributed by atoms with Crippen LogP contribution in [0.1, 0.15) is 30.9 Å². The summed E-state index contributed by atoms with van der Waals surface area (Å²) >= 11 is 0. The summed E-state index contributed by atoms with van der Waals surface area (Å²) in [6.07, 6.45) is 2.22. The lowest BCUT2D eigenvalue weighted by molar-refractivity contribution is 0.280. The molecule has 0 fully saturated rings. The van der Waals surface area contributed by atoms with Gasteiger partial charge in [0.2, 0.25) is 0 Å². The van der Waals surface area contributed by atoms with Gasteiger partial charge in [-0.05, 0) is 17.5 Å². The summed E-state index contributed by atoms with van der Waals surface area (Å²) in [6, 6.07) is 7.69. The van der Waals surface area contributed by atoms with E-state index in [1.165, 1.54) is 0 Å². The van der Waals surface area contributed by atoms with Gasteiger partial charge in [0.25, 0.3) is 0 Å². The van der Waals surface area contributed by atoms with Crippen LogP contribution < -0.4 is 11.1 Å². The molecule has 0 saturated heterocycles. The molecule has 0 aliphatic rings. The molecule has 1 aromatic carbocycles. The fourth-order valence-corrected chi connectivity index (χ4v) is 1.49. The van der Waals surface area contributed by atoms with E-state index in [0.717, 1.165) is 30.5 Å². The van der Waals surface area contributed by atoms with Gasteiger partial charge in [-0.2, -0.15) is 0 Å². The molecule has 18 heavy (non-hydrogen) atoms. The minimum Gasteiger partial charge on any atom is -0.392 e. The summed E-state index contributed by atoms with van der Waals surface area (Å²) in [7, 11) is 0. The first-order valence-corrected chi connectivity index (χ1v) is 5.99. The molecule has 0 atom stereocenters. The first-order chi connectivity index (χ1) is 8.27. The van der Waals surface area contributed by atoms with Crippen LogP contribution >= 0.6 is 24.0 Å². The molecule has 4 N–H and O–H groups in total. The number of unbranched alkanes of at least 4 members (excludes halogenated alkanes) is 1. The summed E-state index contributed by atoms with van der Waals surface area (Å²) in [5.41, 5.74) is 7.64. The van der Waals surface area contributed by atoms with Crippen LogP contribution in [0.5, 0.6) is 0 Å². The molecule has 1 aromatic rings. The number of guanidine groups is 1. The smallest absolute Gasteiger partial charge is 0.188 e. The van der Waals surface area contributed by atoms with E-state index in [4.69, 9.17) is 10.8 Å². The van der Waals surface area contributed by atoms with Gasteiger partial charge < -0.3 is 16.2 Å². The minimum atomic E-state index is 0. The van der Waals surface area contributed by atoms with Crippen molar-refractivity contribution < 1.29 is 5.11 Å². The van der Waals surface area contributed by atoms with Crippen molar-refractivity contribution in [3.63, 3.8) is 0 Å². The Labute approximate surface area is 126 Å². The number of aliphatic imine (C=N–C) groups is 1. The molecule has 0 spiro atoms. The van der Waals surface area contributed by atoms with Crippen LogP contribution in [0, 0.1) is 0 Å². The van der Waals surface area contributed by atoms with E-state index >= 15 is 0 Å². The number of halogens is 1. The normalized spacial score (nSPS) is 10.9. The summed E-state index contributed by atoms with van der Waals surface area (Å²) in [6.45, 7) is 3.52. The largest absolute Gasteiger partial charge is 0.392 e. The summed E-state index contributed by atoms with van der Waals surface area (Å²) in [4.78, 5) is 4.25. The molecule has 0 aliphatic carbocycles. The molecule has 102 valence electrons. The van der Waals surface area contributed by atoms with E-state index < -0.39 is 0 Å². The van der Waals surface area contributed by atoms with Gasteiger partial charge in [-0.15, -0.1) is 24.0 Å². The summed E-state index contributed by atoms with van der Waals surface area (Å²) in [5, 5.41) is 12.2. The standard InChI is InChI=1S/C13H21N3O.HI/c1-2-3-8-15-13(14)16-9-11-6-4-5-7-12(11)10-17;/h4-7,17H,2-3,8-10H2,1H3,(H3,14,15,16);1H. The second kappa shape index (κ2) is 10.1. The molecular weight excluding hydrogens is 341 g/mol. The Morgan fingerprint density at radius 2 is 2.00 bits per heavy atom. The molecule has 0 aromatic heterocycles. The number of benzene rings is 1. The van der Waals surface area contributed by atoms with Gasteiger partial charge >= 0.3 is 0 Å². The van der Waals surface area contributed by atoms with Crippen molar-refractivity contribution in [1.29, 1.82) is 0 Å². The molecule has 0 radical (unpaired) electrons. The molecule has 4 nitrogen and oxygen atoms in total. The Morgan fingerprint density at radius 1 is 1.33 bits per heavy atom. The van der Waals surface area contributed by atoms with Gasteiger partial charge in [0.05, 0.1) is 13.2 Å². The number of aliphatic hydroxyl groups excluding tert-OH is 1. The maximum Gasteiger partial charge on any atom is 0.188 e.